The van der Waals surface area contributed by atoms with Gasteiger partial charge in [0.2, 0.25) is 0 Å². The van der Waals surface area contributed by atoms with Crippen molar-refractivity contribution in [3.05, 3.63) is 42.0 Å². The van der Waals surface area contributed by atoms with Crippen LogP contribution in [0.2, 0.25) is 0 Å². The summed E-state index contributed by atoms with van der Waals surface area (Å²) in [6.07, 6.45) is 0. The minimum absolute atomic E-state index is 0.192. The lowest BCUT2D eigenvalue weighted by Crippen LogP contribution is -2.06. The molecule has 2 aromatic rings. The standard InChI is InChI=1S/C16H16N2O3/c1-9(19)14-7-11(3-6-16(14)21-10(2)20)13-5-4-12(17)8-15(13)18/h3-8H,17-18H2,1-2H3. The number of benzene rings is 2. The van der Waals surface area contributed by atoms with Gasteiger partial charge in [-0.1, -0.05) is 12.1 Å². The molecule has 2 rings (SSSR count). The van der Waals surface area contributed by atoms with Crippen LogP contribution in [0.5, 0.6) is 5.75 Å². The summed E-state index contributed by atoms with van der Waals surface area (Å²) in [7, 11) is 0. The molecule has 0 unspecified atom stereocenters. The van der Waals surface area contributed by atoms with Crippen LogP contribution in [-0.4, -0.2) is 11.8 Å². The number of ketones is 1. The molecule has 108 valence electrons. The summed E-state index contributed by atoms with van der Waals surface area (Å²) in [5, 5.41) is 0. The highest BCUT2D eigenvalue weighted by Gasteiger charge is 2.13. The summed E-state index contributed by atoms with van der Waals surface area (Å²) in [5.74, 6) is -0.424. The first-order valence-electron chi connectivity index (χ1n) is 6.37. The first-order chi connectivity index (χ1) is 9.88. The second-order valence-electron chi connectivity index (χ2n) is 4.71. The summed E-state index contributed by atoms with van der Waals surface area (Å²) < 4.78 is 5.04. The largest absolute Gasteiger partial charge is 0.426 e. The van der Waals surface area contributed by atoms with Crippen molar-refractivity contribution in [2.24, 2.45) is 0 Å². The molecule has 0 aliphatic carbocycles. The topological polar surface area (TPSA) is 95.4 Å². The number of rotatable bonds is 3. The highest BCUT2D eigenvalue weighted by molar-refractivity contribution is 5.99. The number of nitrogens with two attached hydrogens (primary N) is 2. The van der Waals surface area contributed by atoms with Gasteiger partial charge in [0, 0.05) is 23.9 Å². The van der Waals surface area contributed by atoms with E-state index in [4.69, 9.17) is 16.2 Å². The van der Waals surface area contributed by atoms with Crippen molar-refractivity contribution >= 4 is 23.1 Å². The first-order valence-corrected chi connectivity index (χ1v) is 6.37. The maximum Gasteiger partial charge on any atom is 0.308 e. The molecule has 0 saturated heterocycles. The summed E-state index contributed by atoms with van der Waals surface area (Å²) in [6.45, 7) is 2.70. The lowest BCUT2D eigenvalue weighted by Gasteiger charge is -2.11. The monoisotopic (exact) mass is 284 g/mol. The van der Waals surface area contributed by atoms with E-state index in [0.717, 1.165) is 11.1 Å². The third-order valence-electron chi connectivity index (χ3n) is 3.00. The van der Waals surface area contributed by atoms with Gasteiger partial charge in [0.25, 0.3) is 0 Å². The fourth-order valence-electron chi connectivity index (χ4n) is 2.06. The number of esters is 1. The lowest BCUT2D eigenvalue weighted by molar-refractivity contribution is -0.131. The van der Waals surface area contributed by atoms with Gasteiger partial charge in [0.1, 0.15) is 5.75 Å². The molecule has 0 heterocycles. The summed E-state index contributed by atoms with van der Waals surface area (Å²) >= 11 is 0. The fraction of sp³-hybridized carbons (Fsp3) is 0.125. The average Bonchev–Trinajstić information content (AvgIpc) is 2.38. The van der Waals surface area contributed by atoms with Crippen LogP contribution in [0.4, 0.5) is 11.4 Å². The number of Topliss-reactive ketones (excluding diaryl/α,β-unsaturated/α-hetero) is 1. The Morgan fingerprint density at radius 1 is 1.00 bits per heavy atom. The van der Waals surface area contributed by atoms with E-state index in [9.17, 15) is 9.59 Å². The molecule has 0 saturated carbocycles. The number of nitrogen functional groups attached to an aromatic ring is 2. The number of hydrogen-bond donors (Lipinski definition) is 2. The van der Waals surface area contributed by atoms with Crippen molar-refractivity contribution in [3.8, 4) is 16.9 Å². The quantitative estimate of drug-likeness (QED) is 0.391. The minimum atomic E-state index is -0.475. The van der Waals surface area contributed by atoms with Crippen LogP contribution < -0.4 is 16.2 Å². The van der Waals surface area contributed by atoms with Gasteiger partial charge in [-0.05, 0) is 36.8 Å². The Balaban J connectivity index is 2.53. The van der Waals surface area contributed by atoms with Crippen molar-refractivity contribution < 1.29 is 14.3 Å². The van der Waals surface area contributed by atoms with Gasteiger partial charge in [-0.2, -0.15) is 0 Å². The zero-order chi connectivity index (χ0) is 15.6. The molecule has 0 atom stereocenters. The van der Waals surface area contributed by atoms with Crippen LogP contribution in [0.1, 0.15) is 24.2 Å². The van der Waals surface area contributed by atoms with E-state index < -0.39 is 5.97 Å². The Morgan fingerprint density at radius 2 is 1.71 bits per heavy atom. The second kappa shape index (κ2) is 5.66. The van der Waals surface area contributed by atoms with Crippen LogP contribution in [0.15, 0.2) is 36.4 Å². The SMILES string of the molecule is CC(=O)Oc1ccc(-c2ccc(N)cc2N)cc1C(C)=O. The zero-order valence-corrected chi connectivity index (χ0v) is 11.8. The summed E-state index contributed by atoms with van der Waals surface area (Å²) in [5.41, 5.74) is 14.6. The third kappa shape index (κ3) is 3.20. The molecule has 2 aromatic carbocycles. The van der Waals surface area contributed by atoms with Crippen molar-refractivity contribution in [1.82, 2.24) is 0 Å². The van der Waals surface area contributed by atoms with Gasteiger partial charge < -0.3 is 16.2 Å². The van der Waals surface area contributed by atoms with E-state index >= 15 is 0 Å². The summed E-state index contributed by atoms with van der Waals surface area (Å²) in [4.78, 5) is 22.8. The van der Waals surface area contributed by atoms with Crippen LogP contribution in [0.25, 0.3) is 11.1 Å². The molecule has 0 fully saturated rings. The van der Waals surface area contributed by atoms with Gasteiger partial charge in [-0.25, -0.2) is 0 Å². The van der Waals surface area contributed by atoms with E-state index in [1.165, 1.54) is 13.8 Å². The number of ether oxygens (including phenoxy) is 1. The normalized spacial score (nSPS) is 10.2. The Morgan fingerprint density at radius 3 is 2.29 bits per heavy atom. The fourth-order valence-corrected chi connectivity index (χ4v) is 2.06. The third-order valence-corrected chi connectivity index (χ3v) is 3.00. The lowest BCUT2D eigenvalue weighted by atomic mass is 9.99. The van der Waals surface area contributed by atoms with E-state index in [-0.39, 0.29) is 11.5 Å². The number of anilines is 2. The molecule has 0 aliphatic heterocycles. The molecule has 0 aromatic heterocycles. The summed E-state index contributed by atoms with van der Waals surface area (Å²) in [6, 6.07) is 10.2. The molecule has 0 bridgehead atoms. The second-order valence-corrected chi connectivity index (χ2v) is 4.71. The molecule has 0 spiro atoms. The van der Waals surface area contributed by atoms with Gasteiger partial charge in [0.15, 0.2) is 5.78 Å². The van der Waals surface area contributed by atoms with Gasteiger partial charge >= 0.3 is 5.97 Å². The first kappa shape index (κ1) is 14.6. The predicted octanol–water partition coefficient (Wildman–Crippen LogP) is 2.65. The molecule has 21 heavy (non-hydrogen) atoms. The molecule has 0 amide bonds. The molecular formula is C16H16N2O3. The predicted molar refractivity (Wildman–Crippen MR) is 82.0 cm³/mol. The maximum absolute atomic E-state index is 11.7. The van der Waals surface area contributed by atoms with Crippen molar-refractivity contribution in [2.45, 2.75) is 13.8 Å². The van der Waals surface area contributed by atoms with Gasteiger partial charge in [-0.3, -0.25) is 9.59 Å². The van der Waals surface area contributed by atoms with Gasteiger partial charge in [0.05, 0.1) is 5.56 Å². The average molecular weight is 284 g/mol. The Hall–Kier alpha value is -2.82. The van der Waals surface area contributed by atoms with Crippen LogP contribution in [0.3, 0.4) is 0 Å². The van der Waals surface area contributed by atoms with Gasteiger partial charge in [-0.15, -0.1) is 0 Å². The number of carbonyl (C=O) groups is 2. The highest BCUT2D eigenvalue weighted by atomic mass is 16.5. The molecule has 5 nitrogen and oxygen atoms in total. The Labute approximate surface area is 122 Å². The smallest absolute Gasteiger partial charge is 0.308 e. The zero-order valence-electron chi connectivity index (χ0n) is 11.8. The number of hydrogen-bond acceptors (Lipinski definition) is 5. The molecule has 0 aliphatic rings. The molecule has 5 heteroatoms. The van der Waals surface area contributed by atoms with Crippen molar-refractivity contribution in [3.63, 3.8) is 0 Å². The Bertz CT molecular complexity index is 723. The van der Waals surface area contributed by atoms with Crippen molar-refractivity contribution in [2.75, 3.05) is 11.5 Å². The van der Waals surface area contributed by atoms with Crippen LogP contribution in [0, 0.1) is 0 Å². The highest BCUT2D eigenvalue weighted by Crippen LogP contribution is 2.31. The van der Waals surface area contributed by atoms with E-state index in [1.807, 2.05) is 0 Å². The van der Waals surface area contributed by atoms with Crippen LogP contribution >= 0.6 is 0 Å². The van der Waals surface area contributed by atoms with E-state index in [1.54, 1.807) is 36.4 Å². The minimum Gasteiger partial charge on any atom is -0.426 e. The Kier molecular flexibility index (Phi) is 3.93. The van der Waals surface area contributed by atoms with Crippen molar-refractivity contribution in [1.29, 1.82) is 0 Å². The molecule has 0 radical (unpaired) electrons. The van der Waals surface area contributed by atoms with E-state index in [0.29, 0.717) is 16.9 Å². The van der Waals surface area contributed by atoms with E-state index in [2.05, 4.69) is 0 Å². The maximum atomic E-state index is 11.7. The number of carbonyl (C=O) groups excluding carboxylic acids is 2. The van der Waals surface area contributed by atoms with Crippen LogP contribution in [-0.2, 0) is 4.79 Å². The molecule has 4 N–H and O–H groups in total. The molecular weight excluding hydrogens is 268 g/mol.